The van der Waals surface area contributed by atoms with Crippen LogP contribution in [0.5, 0.6) is 11.5 Å². The number of aromatic nitrogens is 1. The third kappa shape index (κ3) is 4.47. The summed E-state index contributed by atoms with van der Waals surface area (Å²) in [4.78, 5) is 12.7. The summed E-state index contributed by atoms with van der Waals surface area (Å²) >= 11 is 0. The maximum absolute atomic E-state index is 13.3. The number of nitrogens with zero attached hydrogens (tertiary/aromatic N) is 1. The van der Waals surface area contributed by atoms with Crippen molar-refractivity contribution in [2.24, 2.45) is 0 Å². The maximum Gasteiger partial charge on any atom is 0.239 e. The van der Waals surface area contributed by atoms with Crippen molar-refractivity contribution in [1.82, 2.24) is 4.57 Å². The van der Waals surface area contributed by atoms with Gasteiger partial charge in [-0.2, -0.15) is 0 Å². The average Bonchev–Trinajstić information content (AvgIpc) is 3.19. The third-order valence-corrected chi connectivity index (χ3v) is 7.14. The fourth-order valence-electron chi connectivity index (χ4n) is 3.95. The van der Waals surface area contributed by atoms with Gasteiger partial charge in [-0.25, -0.2) is 12.8 Å². The highest BCUT2D eigenvalue weighted by atomic mass is 32.2. The standard InChI is InChI=1S/C25H21FN2O5S/c26-18-7-5-17(6-8-18)14-28-15-24(20-3-1-2-4-21(20)28)34(30,31)16-25(29)27-19-9-10-22-23(13-19)33-12-11-32-22/h1-10,13,15H,11-12,14,16H2,(H,27,29). The lowest BCUT2D eigenvalue weighted by Gasteiger charge is -2.19. The van der Waals surface area contributed by atoms with Gasteiger partial charge in [0.25, 0.3) is 0 Å². The molecule has 0 saturated heterocycles. The van der Waals surface area contributed by atoms with Crippen LogP contribution < -0.4 is 14.8 Å². The van der Waals surface area contributed by atoms with E-state index in [1.807, 2.05) is 12.1 Å². The van der Waals surface area contributed by atoms with E-state index in [-0.39, 0.29) is 10.7 Å². The molecule has 0 atom stereocenters. The highest BCUT2D eigenvalue weighted by Crippen LogP contribution is 2.33. The SMILES string of the molecule is O=C(CS(=O)(=O)c1cn(Cc2ccc(F)cc2)c2ccccc12)Nc1ccc2c(c1)OCCO2. The number of carbonyl (C=O) groups is 1. The van der Waals surface area contributed by atoms with Crippen molar-refractivity contribution in [3.05, 3.63) is 84.3 Å². The zero-order valence-electron chi connectivity index (χ0n) is 18.0. The Morgan fingerprint density at radius 2 is 1.71 bits per heavy atom. The summed E-state index contributed by atoms with van der Waals surface area (Å²) < 4.78 is 52.5. The number of ether oxygens (including phenoxy) is 2. The number of nitrogens with one attached hydrogen (secondary N) is 1. The van der Waals surface area contributed by atoms with Crippen molar-refractivity contribution < 1.29 is 27.1 Å². The van der Waals surface area contributed by atoms with Gasteiger partial charge in [-0.15, -0.1) is 0 Å². The molecule has 7 nitrogen and oxygen atoms in total. The quantitative estimate of drug-likeness (QED) is 0.451. The first kappa shape index (κ1) is 22.0. The molecule has 174 valence electrons. The largest absolute Gasteiger partial charge is 0.486 e. The van der Waals surface area contributed by atoms with Crippen molar-refractivity contribution in [3.8, 4) is 11.5 Å². The molecule has 0 radical (unpaired) electrons. The monoisotopic (exact) mass is 480 g/mol. The van der Waals surface area contributed by atoms with Crippen molar-refractivity contribution in [2.75, 3.05) is 24.3 Å². The number of benzene rings is 3. The number of halogens is 1. The Labute approximate surface area is 195 Å². The molecule has 4 aromatic rings. The van der Waals surface area contributed by atoms with Gasteiger partial charge in [-0.1, -0.05) is 30.3 Å². The van der Waals surface area contributed by atoms with E-state index >= 15 is 0 Å². The van der Waals surface area contributed by atoms with Crippen LogP contribution in [0.15, 0.2) is 77.8 Å². The predicted octanol–water partition coefficient (Wildman–Crippen LogP) is 4.01. The normalized spacial score (nSPS) is 13.1. The summed E-state index contributed by atoms with van der Waals surface area (Å²) in [5.41, 5.74) is 1.95. The lowest BCUT2D eigenvalue weighted by molar-refractivity contribution is -0.113. The Kier molecular flexibility index (Phi) is 5.70. The lowest BCUT2D eigenvalue weighted by atomic mass is 10.2. The Bertz CT molecular complexity index is 1480. The molecular formula is C25H21FN2O5S. The number of carbonyl (C=O) groups excluding carboxylic acids is 1. The Morgan fingerprint density at radius 1 is 0.971 bits per heavy atom. The van der Waals surface area contributed by atoms with Crippen LogP contribution in [0.3, 0.4) is 0 Å². The van der Waals surface area contributed by atoms with Crippen LogP contribution in [0.25, 0.3) is 10.9 Å². The first-order valence-electron chi connectivity index (χ1n) is 10.6. The summed E-state index contributed by atoms with van der Waals surface area (Å²) in [6.45, 7) is 1.21. The smallest absolute Gasteiger partial charge is 0.239 e. The molecule has 9 heteroatoms. The van der Waals surface area contributed by atoms with E-state index in [1.54, 1.807) is 47.0 Å². The number of rotatable bonds is 6. The fourth-order valence-corrected chi connectivity index (χ4v) is 5.32. The topological polar surface area (TPSA) is 86.6 Å². The molecule has 3 aromatic carbocycles. The Hall–Kier alpha value is -3.85. The molecule has 34 heavy (non-hydrogen) atoms. The summed E-state index contributed by atoms with van der Waals surface area (Å²) in [7, 11) is -3.95. The first-order valence-corrected chi connectivity index (χ1v) is 12.3. The molecule has 2 heterocycles. The van der Waals surface area contributed by atoms with E-state index in [0.29, 0.717) is 47.8 Å². The first-order chi connectivity index (χ1) is 16.4. The van der Waals surface area contributed by atoms with Crippen LogP contribution in [0.4, 0.5) is 10.1 Å². The molecule has 0 fully saturated rings. The van der Waals surface area contributed by atoms with Gasteiger partial charge in [0.2, 0.25) is 5.91 Å². The molecule has 0 saturated carbocycles. The van der Waals surface area contributed by atoms with E-state index in [9.17, 15) is 17.6 Å². The average molecular weight is 481 g/mol. The maximum atomic E-state index is 13.3. The molecule has 0 unspecified atom stereocenters. The number of hydrogen-bond donors (Lipinski definition) is 1. The molecule has 1 amide bonds. The highest BCUT2D eigenvalue weighted by Gasteiger charge is 2.25. The molecule has 0 bridgehead atoms. The molecule has 1 N–H and O–H groups in total. The molecule has 0 spiro atoms. The van der Waals surface area contributed by atoms with E-state index in [2.05, 4.69) is 5.32 Å². The second-order valence-electron chi connectivity index (χ2n) is 7.93. The van der Waals surface area contributed by atoms with E-state index in [4.69, 9.17) is 9.47 Å². The molecule has 5 rings (SSSR count). The molecule has 0 aliphatic carbocycles. The van der Waals surface area contributed by atoms with Crippen LogP contribution in [-0.2, 0) is 21.2 Å². The van der Waals surface area contributed by atoms with Gasteiger partial charge in [0.1, 0.15) is 24.8 Å². The number of anilines is 1. The van der Waals surface area contributed by atoms with E-state index < -0.39 is 21.5 Å². The molecule has 1 aromatic heterocycles. The van der Waals surface area contributed by atoms with E-state index in [1.165, 1.54) is 18.3 Å². The molecule has 1 aliphatic rings. The van der Waals surface area contributed by atoms with Crippen molar-refractivity contribution in [1.29, 1.82) is 0 Å². The van der Waals surface area contributed by atoms with Gasteiger partial charge in [-0.3, -0.25) is 4.79 Å². The van der Waals surface area contributed by atoms with Crippen LogP contribution in [-0.4, -0.2) is 37.9 Å². The van der Waals surface area contributed by atoms with Crippen molar-refractivity contribution in [3.63, 3.8) is 0 Å². The van der Waals surface area contributed by atoms with E-state index in [0.717, 1.165) is 5.56 Å². The number of fused-ring (bicyclic) bond motifs is 2. The van der Waals surface area contributed by atoms with Crippen molar-refractivity contribution >= 4 is 32.3 Å². The third-order valence-electron chi connectivity index (χ3n) is 5.50. The van der Waals surface area contributed by atoms with Gasteiger partial charge in [-0.05, 0) is 35.9 Å². The number of amides is 1. The minimum absolute atomic E-state index is 0.0718. The number of para-hydroxylation sites is 1. The number of hydrogen-bond acceptors (Lipinski definition) is 5. The van der Waals surface area contributed by atoms with Crippen LogP contribution in [0.1, 0.15) is 5.56 Å². The Balaban J connectivity index is 1.39. The zero-order valence-corrected chi connectivity index (χ0v) is 18.8. The van der Waals surface area contributed by atoms with Gasteiger partial charge in [0.05, 0.1) is 4.90 Å². The van der Waals surface area contributed by atoms with Gasteiger partial charge >= 0.3 is 0 Å². The minimum atomic E-state index is -3.95. The predicted molar refractivity (Wildman–Crippen MR) is 126 cm³/mol. The van der Waals surface area contributed by atoms with Crippen molar-refractivity contribution in [2.45, 2.75) is 11.4 Å². The van der Waals surface area contributed by atoms with Gasteiger partial charge in [0, 0.05) is 35.4 Å². The van der Waals surface area contributed by atoms with Crippen LogP contribution >= 0.6 is 0 Å². The summed E-state index contributed by atoms with van der Waals surface area (Å²) in [6.07, 6.45) is 1.53. The van der Waals surface area contributed by atoms with Crippen LogP contribution in [0.2, 0.25) is 0 Å². The van der Waals surface area contributed by atoms with Gasteiger partial charge in [0.15, 0.2) is 21.3 Å². The second kappa shape index (κ2) is 8.83. The summed E-state index contributed by atoms with van der Waals surface area (Å²) in [5.74, 6) is -0.645. The lowest BCUT2D eigenvalue weighted by Crippen LogP contribution is -2.23. The minimum Gasteiger partial charge on any atom is -0.486 e. The second-order valence-corrected chi connectivity index (χ2v) is 9.89. The van der Waals surface area contributed by atoms with Crippen LogP contribution in [0, 0.1) is 5.82 Å². The fraction of sp³-hybridized carbons (Fsp3) is 0.160. The Morgan fingerprint density at radius 3 is 2.50 bits per heavy atom. The molecular weight excluding hydrogens is 459 g/mol. The zero-order chi connectivity index (χ0) is 23.7. The highest BCUT2D eigenvalue weighted by molar-refractivity contribution is 7.92. The van der Waals surface area contributed by atoms with Gasteiger partial charge < -0.3 is 19.4 Å². The summed E-state index contributed by atoms with van der Waals surface area (Å²) in [6, 6.07) is 18.0. The molecule has 1 aliphatic heterocycles. The number of sulfone groups is 1. The summed E-state index contributed by atoms with van der Waals surface area (Å²) in [5, 5.41) is 3.15.